The molecule has 6 nitrogen and oxygen atoms in total. The lowest BCUT2D eigenvalue weighted by Gasteiger charge is -2.30. The lowest BCUT2D eigenvalue weighted by molar-refractivity contribution is -0.141. The van der Waals surface area contributed by atoms with Gasteiger partial charge in [0, 0.05) is 24.3 Å². The molecule has 0 unspecified atom stereocenters. The van der Waals surface area contributed by atoms with E-state index in [2.05, 4.69) is 19.2 Å². The predicted molar refractivity (Wildman–Crippen MR) is 127 cm³/mol. The number of anilines is 1. The Bertz CT molecular complexity index is 1180. The van der Waals surface area contributed by atoms with Gasteiger partial charge in [0.2, 0.25) is 11.8 Å². The highest BCUT2D eigenvalue weighted by molar-refractivity contribution is 6.42. The van der Waals surface area contributed by atoms with Gasteiger partial charge in [0.1, 0.15) is 5.54 Å². The van der Waals surface area contributed by atoms with Crippen LogP contribution >= 0.6 is 23.2 Å². The minimum Gasteiger partial charge on any atom is -0.306 e. The van der Waals surface area contributed by atoms with Crippen LogP contribution in [-0.2, 0) is 26.5 Å². The van der Waals surface area contributed by atoms with Crippen molar-refractivity contribution in [3.63, 3.8) is 0 Å². The first kappa shape index (κ1) is 22.4. The topological polar surface area (TPSA) is 69.7 Å². The van der Waals surface area contributed by atoms with Gasteiger partial charge in [0.05, 0.1) is 28.4 Å². The fraction of sp³-hybridized carbons (Fsp3) is 0.400. The smallest absolute Gasteiger partial charge is 0.253 e. The second-order valence-corrected chi connectivity index (χ2v) is 10.4. The third-order valence-electron chi connectivity index (χ3n) is 7.14. The zero-order valence-electron chi connectivity index (χ0n) is 18.6. The second-order valence-electron chi connectivity index (χ2n) is 9.58. The standard InChI is InChI=1S/C25H25Cl2N3O3/c1-13(2)10-18-20-21(23(32)29(3)22(20)31)25(28-18)15-6-4-5-7-19(15)30(24(25)33)12-14-8-9-16(26)17(27)11-14/h4-9,11,13,18,20-21,28H,10,12H2,1-3H3/t18-,20-,21-,25-/m0/s1. The summed E-state index contributed by atoms with van der Waals surface area (Å²) in [6.45, 7) is 4.43. The molecule has 0 aliphatic carbocycles. The summed E-state index contributed by atoms with van der Waals surface area (Å²) in [5.74, 6) is -1.77. The molecule has 3 aliphatic heterocycles. The van der Waals surface area contributed by atoms with Crippen molar-refractivity contribution >= 4 is 46.6 Å². The molecule has 3 heterocycles. The molecule has 172 valence electrons. The maximum Gasteiger partial charge on any atom is 0.253 e. The summed E-state index contributed by atoms with van der Waals surface area (Å²) in [5.41, 5.74) is 1.03. The van der Waals surface area contributed by atoms with Gasteiger partial charge >= 0.3 is 0 Å². The number of fused-ring (bicyclic) bond motifs is 4. The molecule has 3 aliphatic rings. The molecule has 33 heavy (non-hydrogen) atoms. The minimum absolute atomic E-state index is 0.215. The predicted octanol–water partition coefficient (Wildman–Crippen LogP) is 3.98. The average Bonchev–Trinajstić information content (AvgIpc) is 3.31. The van der Waals surface area contributed by atoms with Crippen LogP contribution in [0, 0.1) is 17.8 Å². The van der Waals surface area contributed by atoms with E-state index in [4.69, 9.17) is 23.2 Å². The summed E-state index contributed by atoms with van der Waals surface area (Å²) in [6, 6.07) is 12.5. The summed E-state index contributed by atoms with van der Waals surface area (Å²) in [7, 11) is 1.52. The van der Waals surface area contributed by atoms with Gasteiger partial charge in [-0.1, -0.05) is 61.3 Å². The molecule has 1 spiro atoms. The van der Waals surface area contributed by atoms with E-state index in [1.54, 1.807) is 17.0 Å². The molecule has 2 aromatic rings. The van der Waals surface area contributed by atoms with E-state index < -0.39 is 17.4 Å². The first-order valence-electron chi connectivity index (χ1n) is 11.1. The van der Waals surface area contributed by atoms with Crippen molar-refractivity contribution in [2.24, 2.45) is 17.8 Å². The number of benzene rings is 2. The van der Waals surface area contributed by atoms with E-state index in [1.165, 1.54) is 11.9 Å². The van der Waals surface area contributed by atoms with Crippen LogP contribution in [0.25, 0.3) is 0 Å². The van der Waals surface area contributed by atoms with E-state index in [0.717, 1.165) is 16.8 Å². The molecule has 1 N–H and O–H groups in total. The summed E-state index contributed by atoms with van der Waals surface area (Å²) >= 11 is 12.3. The Balaban J connectivity index is 1.63. The molecule has 0 aromatic heterocycles. The third-order valence-corrected chi connectivity index (χ3v) is 7.88. The summed E-state index contributed by atoms with van der Waals surface area (Å²) in [4.78, 5) is 43.5. The van der Waals surface area contributed by atoms with Crippen LogP contribution in [0.4, 0.5) is 5.69 Å². The maximum absolute atomic E-state index is 14.2. The molecule has 4 atom stereocenters. The number of hydrogen-bond acceptors (Lipinski definition) is 4. The molecule has 3 amide bonds. The first-order valence-corrected chi connectivity index (χ1v) is 11.9. The van der Waals surface area contributed by atoms with Gasteiger partial charge in [-0.25, -0.2) is 0 Å². The number of amides is 3. The van der Waals surface area contributed by atoms with Crippen molar-refractivity contribution in [3.05, 3.63) is 63.6 Å². The Morgan fingerprint density at radius 3 is 2.45 bits per heavy atom. The van der Waals surface area contributed by atoms with Gasteiger partial charge in [-0.3, -0.25) is 24.6 Å². The highest BCUT2D eigenvalue weighted by atomic mass is 35.5. The van der Waals surface area contributed by atoms with E-state index in [-0.39, 0.29) is 30.3 Å². The van der Waals surface area contributed by atoms with Gasteiger partial charge in [-0.15, -0.1) is 0 Å². The number of para-hydroxylation sites is 1. The van der Waals surface area contributed by atoms with Crippen LogP contribution in [0.2, 0.25) is 10.0 Å². The van der Waals surface area contributed by atoms with E-state index in [0.29, 0.717) is 22.4 Å². The van der Waals surface area contributed by atoms with Crippen molar-refractivity contribution in [2.45, 2.75) is 38.4 Å². The minimum atomic E-state index is -1.27. The molecule has 0 saturated carbocycles. The largest absolute Gasteiger partial charge is 0.306 e. The van der Waals surface area contributed by atoms with Crippen LogP contribution < -0.4 is 10.2 Å². The van der Waals surface area contributed by atoms with Gasteiger partial charge in [-0.05, 0) is 36.1 Å². The SMILES string of the molecule is CC(C)C[C@@H]1N[C@]2(C(=O)N(Cc3ccc(Cl)c(Cl)c3)c3ccccc32)[C@@H]2C(=O)N(C)C(=O)[C@@H]12. The van der Waals surface area contributed by atoms with Crippen LogP contribution in [0.3, 0.4) is 0 Å². The fourth-order valence-corrected chi connectivity index (χ4v) is 6.10. The number of carbonyl (C=O) groups excluding carboxylic acids is 3. The second kappa shape index (κ2) is 7.83. The molecular weight excluding hydrogens is 461 g/mol. The highest BCUT2D eigenvalue weighted by Gasteiger charge is 2.71. The zero-order chi connectivity index (χ0) is 23.7. The number of likely N-dealkylation sites (tertiary alicyclic amines) is 1. The van der Waals surface area contributed by atoms with Crippen molar-refractivity contribution in [3.8, 4) is 0 Å². The van der Waals surface area contributed by atoms with Crippen molar-refractivity contribution < 1.29 is 14.4 Å². The Labute approximate surface area is 202 Å². The number of hydrogen-bond donors (Lipinski definition) is 1. The van der Waals surface area contributed by atoms with Crippen molar-refractivity contribution in [1.82, 2.24) is 10.2 Å². The summed E-state index contributed by atoms with van der Waals surface area (Å²) < 4.78 is 0. The monoisotopic (exact) mass is 485 g/mol. The van der Waals surface area contributed by atoms with E-state index in [1.807, 2.05) is 30.3 Å². The summed E-state index contributed by atoms with van der Waals surface area (Å²) in [6.07, 6.45) is 0.692. The maximum atomic E-state index is 14.2. The quantitative estimate of drug-likeness (QED) is 0.664. The zero-order valence-corrected chi connectivity index (χ0v) is 20.2. The Hall–Kier alpha value is -2.41. The van der Waals surface area contributed by atoms with Crippen molar-refractivity contribution in [1.29, 1.82) is 0 Å². The van der Waals surface area contributed by atoms with Gasteiger partial charge < -0.3 is 4.90 Å². The van der Waals surface area contributed by atoms with Gasteiger partial charge in [0.15, 0.2) is 0 Å². The Morgan fingerprint density at radius 2 is 1.76 bits per heavy atom. The summed E-state index contributed by atoms with van der Waals surface area (Å²) in [5, 5.41) is 4.38. The number of carbonyl (C=O) groups is 3. The van der Waals surface area contributed by atoms with E-state index in [9.17, 15) is 14.4 Å². The molecule has 5 rings (SSSR count). The van der Waals surface area contributed by atoms with Crippen LogP contribution in [0.15, 0.2) is 42.5 Å². The molecule has 0 bridgehead atoms. The molecule has 2 aromatic carbocycles. The van der Waals surface area contributed by atoms with E-state index >= 15 is 0 Å². The average molecular weight is 486 g/mol. The Kier molecular flexibility index (Phi) is 5.31. The highest BCUT2D eigenvalue weighted by Crippen LogP contribution is 2.55. The molecule has 2 saturated heterocycles. The molecule has 8 heteroatoms. The number of imide groups is 1. The number of nitrogens with zero attached hydrogens (tertiary/aromatic N) is 2. The van der Waals surface area contributed by atoms with Crippen LogP contribution in [0.1, 0.15) is 31.4 Å². The van der Waals surface area contributed by atoms with Crippen LogP contribution in [-0.4, -0.2) is 35.7 Å². The lowest BCUT2D eigenvalue weighted by atomic mass is 9.76. The van der Waals surface area contributed by atoms with Crippen LogP contribution in [0.5, 0.6) is 0 Å². The Morgan fingerprint density at radius 1 is 1.03 bits per heavy atom. The van der Waals surface area contributed by atoms with Gasteiger partial charge in [-0.2, -0.15) is 0 Å². The number of rotatable bonds is 4. The lowest BCUT2D eigenvalue weighted by Crippen LogP contribution is -2.54. The normalized spacial score (nSPS) is 28.4. The number of halogens is 2. The van der Waals surface area contributed by atoms with Crippen molar-refractivity contribution in [2.75, 3.05) is 11.9 Å². The molecule has 2 fully saturated rings. The first-order chi connectivity index (χ1) is 15.7. The number of nitrogens with one attached hydrogen (secondary N) is 1. The fourth-order valence-electron chi connectivity index (χ4n) is 5.78. The third kappa shape index (κ3) is 3.15. The van der Waals surface area contributed by atoms with Gasteiger partial charge in [0.25, 0.3) is 5.91 Å². The molecule has 0 radical (unpaired) electrons. The molecular formula is C25H25Cl2N3O3.